The van der Waals surface area contributed by atoms with Gasteiger partial charge in [-0.05, 0) is 37.6 Å². The summed E-state index contributed by atoms with van der Waals surface area (Å²) in [7, 11) is 0. The van der Waals surface area contributed by atoms with E-state index >= 15 is 0 Å². The first-order chi connectivity index (χ1) is 12.8. The maximum absolute atomic E-state index is 12.4. The number of amides is 1. The van der Waals surface area contributed by atoms with Crippen molar-refractivity contribution in [3.8, 4) is 11.6 Å². The van der Waals surface area contributed by atoms with Crippen molar-refractivity contribution in [3.63, 3.8) is 0 Å². The van der Waals surface area contributed by atoms with Crippen LogP contribution in [0.4, 0.5) is 0 Å². The number of aromatic hydroxyl groups is 1. The van der Waals surface area contributed by atoms with Crippen LogP contribution in [0.1, 0.15) is 27.3 Å². The molecule has 1 aromatic carbocycles. The van der Waals surface area contributed by atoms with Gasteiger partial charge in [-0.15, -0.1) is 0 Å². The third-order valence-electron chi connectivity index (χ3n) is 3.86. The van der Waals surface area contributed by atoms with Crippen molar-refractivity contribution >= 4 is 40.7 Å². The van der Waals surface area contributed by atoms with E-state index in [1.165, 1.54) is 6.07 Å². The van der Waals surface area contributed by atoms with E-state index in [1.807, 2.05) is 32.0 Å². The van der Waals surface area contributed by atoms with Gasteiger partial charge in [-0.3, -0.25) is 4.79 Å². The number of carbonyl (C=O) groups excluding carboxylic acids is 1. The van der Waals surface area contributed by atoms with Crippen LogP contribution in [0.3, 0.4) is 0 Å². The van der Waals surface area contributed by atoms with Crippen molar-refractivity contribution in [2.45, 2.75) is 20.4 Å². The highest BCUT2D eigenvalue weighted by atomic mass is 35.5. The van der Waals surface area contributed by atoms with E-state index in [-0.39, 0.29) is 27.2 Å². The second-order valence-electron chi connectivity index (χ2n) is 5.92. The summed E-state index contributed by atoms with van der Waals surface area (Å²) in [6, 6.07) is 6.87. The molecular weight excluding hydrogens is 411 g/mol. The Labute approximate surface area is 170 Å². The molecular formula is C18H15Cl3N4O2. The van der Waals surface area contributed by atoms with Gasteiger partial charge in [-0.25, -0.2) is 9.67 Å². The molecule has 0 aliphatic carbocycles. The van der Waals surface area contributed by atoms with E-state index < -0.39 is 11.7 Å². The van der Waals surface area contributed by atoms with Crippen LogP contribution in [0, 0.1) is 13.8 Å². The van der Waals surface area contributed by atoms with Crippen molar-refractivity contribution in [2.24, 2.45) is 0 Å². The number of rotatable bonds is 4. The second-order valence-corrected chi connectivity index (χ2v) is 7.12. The largest absolute Gasteiger partial charge is 0.505 e. The van der Waals surface area contributed by atoms with E-state index in [9.17, 15) is 9.90 Å². The van der Waals surface area contributed by atoms with Gasteiger partial charge in [0, 0.05) is 18.4 Å². The Morgan fingerprint density at radius 1 is 1.19 bits per heavy atom. The van der Waals surface area contributed by atoms with Crippen molar-refractivity contribution in [1.82, 2.24) is 20.1 Å². The predicted molar refractivity (Wildman–Crippen MR) is 105 cm³/mol. The fraction of sp³-hybridized carbons (Fsp3) is 0.167. The highest BCUT2D eigenvalue weighted by Crippen LogP contribution is 2.38. The van der Waals surface area contributed by atoms with Gasteiger partial charge in [0.15, 0.2) is 5.82 Å². The maximum atomic E-state index is 12.4. The quantitative estimate of drug-likeness (QED) is 0.604. The van der Waals surface area contributed by atoms with Crippen molar-refractivity contribution in [2.75, 3.05) is 0 Å². The molecule has 0 unspecified atom stereocenters. The molecule has 3 aromatic rings. The number of hydrogen-bond donors (Lipinski definition) is 2. The lowest BCUT2D eigenvalue weighted by Gasteiger charge is -2.11. The summed E-state index contributed by atoms with van der Waals surface area (Å²) in [6.07, 6.45) is 1.64. The third kappa shape index (κ3) is 4.03. The number of hydrogen-bond acceptors (Lipinski definition) is 4. The number of halogens is 3. The summed E-state index contributed by atoms with van der Waals surface area (Å²) < 4.78 is 1.74. The number of pyridine rings is 1. The molecule has 0 fully saturated rings. The topological polar surface area (TPSA) is 80.0 Å². The number of nitrogens with one attached hydrogen (secondary N) is 1. The van der Waals surface area contributed by atoms with E-state index in [0.717, 1.165) is 17.0 Å². The minimum atomic E-state index is -0.593. The SMILES string of the molecule is Cc1cc(C)n(-c2ccc(CNC(=O)c3c(O)c(Cl)cc(Cl)c3Cl)cn2)n1. The van der Waals surface area contributed by atoms with Gasteiger partial charge >= 0.3 is 0 Å². The molecule has 0 saturated carbocycles. The molecule has 6 nitrogen and oxygen atoms in total. The predicted octanol–water partition coefficient (Wildman–Crippen LogP) is 4.48. The zero-order valence-electron chi connectivity index (χ0n) is 14.4. The summed E-state index contributed by atoms with van der Waals surface area (Å²) in [5.74, 6) is -0.330. The van der Waals surface area contributed by atoms with Gasteiger partial charge in [0.05, 0.1) is 20.8 Å². The molecule has 0 spiro atoms. The standard InChI is InChI=1S/C18H15Cl3N4O2/c1-9-5-10(2)25(24-9)14-4-3-11(7-22-14)8-23-18(27)15-16(21)12(19)6-13(20)17(15)26/h3-7,26H,8H2,1-2H3,(H,23,27). The van der Waals surface area contributed by atoms with Crippen molar-refractivity contribution in [1.29, 1.82) is 0 Å². The van der Waals surface area contributed by atoms with E-state index in [2.05, 4.69) is 15.4 Å². The molecule has 2 heterocycles. The van der Waals surface area contributed by atoms with Gasteiger partial charge in [-0.1, -0.05) is 40.9 Å². The van der Waals surface area contributed by atoms with Crippen LogP contribution < -0.4 is 5.32 Å². The van der Waals surface area contributed by atoms with Crippen LogP contribution in [-0.4, -0.2) is 25.8 Å². The summed E-state index contributed by atoms with van der Waals surface area (Å²) in [5.41, 5.74) is 2.48. The molecule has 1 amide bonds. The average Bonchev–Trinajstić information content (AvgIpc) is 2.97. The first-order valence-corrected chi connectivity index (χ1v) is 9.04. The van der Waals surface area contributed by atoms with Crippen LogP contribution in [0.2, 0.25) is 15.1 Å². The Morgan fingerprint density at radius 3 is 2.52 bits per heavy atom. The van der Waals surface area contributed by atoms with Crippen molar-refractivity contribution < 1.29 is 9.90 Å². The van der Waals surface area contributed by atoms with Gasteiger partial charge < -0.3 is 10.4 Å². The van der Waals surface area contributed by atoms with Crippen LogP contribution in [0.5, 0.6) is 5.75 Å². The van der Waals surface area contributed by atoms with Crippen LogP contribution in [-0.2, 0) is 6.54 Å². The van der Waals surface area contributed by atoms with E-state index in [0.29, 0.717) is 5.82 Å². The Kier molecular flexibility index (Phi) is 5.60. The molecule has 140 valence electrons. The Bertz CT molecular complexity index is 990. The normalized spacial score (nSPS) is 10.9. The molecule has 27 heavy (non-hydrogen) atoms. The molecule has 0 saturated heterocycles. The van der Waals surface area contributed by atoms with Gasteiger partial charge in [0.2, 0.25) is 0 Å². The molecule has 2 N–H and O–H groups in total. The fourth-order valence-corrected chi connectivity index (χ4v) is 3.26. The van der Waals surface area contributed by atoms with Crippen LogP contribution in [0.25, 0.3) is 5.82 Å². The fourth-order valence-electron chi connectivity index (χ4n) is 2.57. The van der Waals surface area contributed by atoms with Gasteiger partial charge in [-0.2, -0.15) is 5.10 Å². The number of nitrogens with zero attached hydrogens (tertiary/aromatic N) is 3. The molecule has 0 radical (unpaired) electrons. The van der Waals surface area contributed by atoms with Gasteiger partial charge in [0.1, 0.15) is 11.3 Å². The smallest absolute Gasteiger partial charge is 0.256 e. The van der Waals surface area contributed by atoms with Crippen LogP contribution in [0.15, 0.2) is 30.5 Å². The van der Waals surface area contributed by atoms with Crippen molar-refractivity contribution in [3.05, 3.63) is 68.0 Å². The molecule has 0 aliphatic heterocycles. The molecule has 9 heteroatoms. The number of carbonyl (C=O) groups is 1. The van der Waals surface area contributed by atoms with Crippen LogP contribution >= 0.6 is 34.8 Å². The van der Waals surface area contributed by atoms with E-state index in [1.54, 1.807) is 10.9 Å². The lowest BCUT2D eigenvalue weighted by Crippen LogP contribution is -2.23. The first kappa shape index (κ1) is 19.5. The average molecular weight is 426 g/mol. The highest BCUT2D eigenvalue weighted by molar-refractivity contribution is 6.45. The zero-order valence-corrected chi connectivity index (χ0v) is 16.7. The second kappa shape index (κ2) is 7.76. The summed E-state index contributed by atoms with van der Waals surface area (Å²) in [4.78, 5) is 16.8. The summed E-state index contributed by atoms with van der Waals surface area (Å²) >= 11 is 17.8. The lowest BCUT2D eigenvalue weighted by atomic mass is 10.1. The minimum absolute atomic E-state index is 0.0505. The molecule has 3 rings (SSSR count). The van der Waals surface area contributed by atoms with E-state index in [4.69, 9.17) is 34.8 Å². The molecule has 0 aliphatic rings. The maximum Gasteiger partial charge on any atom is 0.256 e. The summed E-state index contributed by atoms with van der Waals surface area (Å²) in [6.45, 7) is 4.04. The number of phenols is 1. The highest BCUT2D eigenvalue weighted by Gasteiger charge is 2.21. The Hall–Kier alpha value is -2.28. The number of benzene rings is 1. The molecule has 2 aromatic heterocycles. The first-order valence-electron chi connectivity index (χ1n) is 7.91. The summed E-state index contributed by atoms with van der Waals surface area (Å²) in [5, 5.41) is 17.0. The molecule has 0 atom stereocenters. The lowest BCUT2D eigenvalue weighted by molar-refractivity contribution is 0.0948. The number of aryl methyl sites for hydroxylation is 2. The van der Waals surface area contributed by atoms with Gasteiger partial charge in [0.25, 0.3) is 5.91 Å². The Balaban J connectivity index is 1.74. The monoisotopic (exact) mass is 424 g/mol. The Morgan fingerprint density at radius 2 is 1.93 bits per heavy atom. The molecule has 0 bridgehead atoms. The zero-order chi connectivity index (χ0) is 19.7. The number of aromatic nitrogens is 3. The minimum Gasteiger partial charge on any atom is -0.505 e. The third-order valence-corrected chi connectivity index (χ3v) is 4.94. The number of phenolic OH excluding ortho intramolecular Hbond substituents is 1.